The van der Waals surface area contributed by atoms with Gasteiger partial charge in [-0.05, 0) is 12.8 Å². The highest BCUT2D eigenvalue weighted by Gasteiger charge is 2.25. The van der Waals surface area contributed by atoms with Crippen molar-refractivity contribution in [3.05, 3.63) is 6.33 Å². The first-order valence-electron chi connectivity index (χ1n) is 6.58. The second-order valence-corrected chi connectivity index (χ2v) is 4.89. The van der Waals surface area contributed by atoms with Gasteiger partial charge >= 0.3 is 0 Å². The molecule has 0 aliphatic heterocycles. The number of anilines is 2. The number of imidazole rings is 1. The molecule has 2 unspecified atom stereocenters. The Morgan fingerprint density at radius 3 is 3.05 bits per heavy atom. The Morgan fingerprint density at radius 1 is 1.42 bits per heavy atom. The molecular weight excluding hydrogens is 244 g/mol. The molecule has 7 nitrogen and oxygen atoms in total. The van der Waals surface area contributed by atoms with Crippen molar-refractivity contribution in [3.8, 4) is 0 Å². The Hall–Kier alpha value is -1.89. The van der Waals surface area contributed by atoms with Crippen molar-refractivity contribution in [3.63, 3.8) is 0 Å². The SMILES string of the molecule is CNc1nc(NCC2CCCC2O)c2[nH]cnc2n1. The molecule has 0 amide bonds. The van der Waals surface area contributed by atoms with Gasteiger partial charge in [0, 0.05) is 19.5 Å². The lowest BCUT2D eigenvalue weighted by atomic mass is 10.1. The van der Waals surface area contributed by atoms with Crippen LogP contribution in [0.15, 0.2) is 6.33 Å². The van der Waals surface area contributed by atoms with Gasteiger partial charge in [0.2, 0.25) is 5.95 Å². The van der Waals surface area contributed by atoms with E-state index in [9.17, 15) is 5.11 Å². The Labute approximate surface area is 110 Å². The molecule has 1 fully saturated rings. The summed E-state index contributed by atoms with van der Waals surface area (Å²) in [5.41, 5.74) is 1.43. The van der Waals surface area contributed by atoms with Gasteiger partial charge in [-0.1, -0.05) is 6.42 Å². The topological polar surface area (TPSA) is 98.8 Å². The molecular formula is C12H18N6O. The Morgan fingerprint density at radius 2 is 2.32 bits per heavy atom. The van der Waals surface area contributed by atoms with E-state index in [0.717, 1.165) is 37.1 Å². The third-order valence-corrected chi connectivity index (χ3v) is 3.66. The summed E-state index contributed by atoms with van der Waals surface area (Å²) < 4.78 is 0. The molecule has 102 valence electrons. The quantitative estimate of drug-likeness (QED) is 0.655. The van der Waals surface area contributed by atoms with E-state index in [-0.39, 0.29) is 6.10 Å². The summed E-state index contributed by atoms with van der Waals surface area (Å²) in [4.78, 5) is 15.8. The first-order valence-corrected chi connectivity index (χ1v) is 6.58. The highest BCUT2D eigenvalue weighted by molar-refractivity contribution is 5.83. The van der Waals surface area contributed by atoms with Crippen LogP contribution in [0.5, 0.6) is 0 Å². The number of H-pyrrole nitrogens is 1. The fraction of sp³-hybridized carbons (Fsp3) is 0.583. The number of aliphatic hydroxyl groups is 1. The lowest BCUT2D eigenvalue weighted by molar-refractivity contribution is 0.138. The zero-order valence-corrected chi connectivity index (χ0v) is 10.8. The van der Waals surface area contributed by atoms with E-state index in [2.05, 4.69) is 30.6 Å². The minimum Gasteiger partial charge on any atom is -0.393 e. The summed E-state index contributed by atoms with van der Waals surface area (Å²) in [7, 11) is 1.78. The van der Waals surface area contributed by atoms with Gasteiger partial charge in [-0.3, -0.25) is 0 Å². The number of aliphatic hydroxyl groups excluding tert-OH is 1. The van der Waals surface area contributed by atoms with Gasteiger partial charge in [0.1, 0.15) is 5.52 Å². The third-order valence-electron chi connectivity index (χ3n) is 3.66. The summed E-state index contributed by atoms with van der Waals surface area (Å²) in [6.07, 6.45) is 4.46. The van der Waals surface area contributed by atoms with Crippen LogP contribution in [0.25, 0.3) is 11.2 Å². The van der Waals surface area contributed by atoms with E-state index in [1.807, 2.05) is 0 Å². The number of rotatable bonds is 4. The fourth-order valence-corrected chi connectivity index (χ4v) is 2.56. The van der Waals surface area contributed by atoms with Crippen molar-refractivity contribution < 1.29 is 5.11 Å². The van der Waals surface area contributed by atoms with Crippen molar-refractivity contribution in [1.29, 1.82) is 0 Å². The lowest BCUT2D eigenvalue weighted by Crippen LogP contribution is -2.22. The minimum absolute atomic E-state index is 0.199. The number of hydrogen-bond donors (Lipinski definition) is 4. The molecule has 0 aromatic carbocycles. The van der Waals surface area contributed by atoms with Gasteiger partial charge in [-0.25, -0.2) is 4.98 Å². The van der Waals surface area contributed by atoms with Crippen LogP contribution in [0.2, 0.25) is 0 Å². The Kier molecular flexibility index (Phi) is 3.20. The lowest BCUT2D eigenvalue weighted by Gasteiger charge is -2.15. The number of nitrogens with one attached hydrogen (secondary N) is 3. The van der Waals surface area contributed by atoms with Crippen LogP contribution in [0.3, 0.4) is 0 Å². The summed E-state index contributed by atoms with van der Waals surface area (Å²) >= 11 is 0. The van der Waals surface area contributed by atoms with E-state index in [0.29, 0.717) is 17.5 Å². The molecule has 3 rings (SSSR count). The normalized spacial score (nSPS) is 22.8. The summed E-state index contributed by atoms with van der Waals surface area (Å²) in [6, 6.07) is 0. The standard InChI is InChI=1S/C12H18N6O/c1-13-12-17-10(9-11(18-12)16-6-15-9)14-5-7-3-2-4-8(7)19/h6-8,19H,2-5H2,1H3,(H3,13,14,15,16,17,18). The van der Waals surface area contributed by atoms with E-state index in [1.54, 1.807) is 13.4 Å². The Balaban J connectivity index is 1.81. The van der Waals surface area contributed by atoms with Gasteiger partial charge in [-0.2, -0.15) is 9.97 Å². The van der Waals surface area contributed by atoms with Crippen LogP contribution >= 0.6 is 0 Å². The van der Waals surface area contributed by atoms with Gasteiger partial charge in [0.25, 0.3) is 0 Å². The van der Waals surface area contributed by atoms with Crippen LogP contribution in [0, 0.1) is 5.92 Å². The van der Waals surface area contributed by atoms with Crippen LogP contribution in [0.1, 0.15) is 19.3 Å². The second-order valence-electron chi connectivity index (χ2n) is 4.89. The number of nitrogens with zero attached hydrogens (tertiary/aromatic N) is 3. The Bertz CT molecular complexity index is 568. The maximum absolute atomic E-state index is 9.84. The van der Waals surface area contributed by atoms with E-state index >= 15 is 0 Å². The number of fused-ring (bicyclic) bond motifs is 1. The van der Waals surface area contributed by atoms with E-state index in [1.165, 1.54) is 0 Å². The van der Waals surface area contributed by atoms with Gasteiger partial charge in [0.15, 0.2) is 11.5 Å². The third kappa shape index (κ3) is 2.33. The van der Waals surface area contributed by atoms with Gasteiger partial charge < -0.3 is 20.7 Å². The summed E-state index contributed by atoms with van der Waals surface area (Å²) in [5, 5.41) is 16.1. The summed E-state index contributed by atoms with van der Waals surface area (Å²) in [5.74, 6) is 1.56. The minimum atomic E-state index is -0.199. The van der Waals surface area contributed by atoms with Crippen LogP contribution in [-0.2, 0) is 0 Å². The molecule has 2 aromatic rings. The molecule has 1 saturated carbocycles. The molecule has 19 heavy (non-hydrogen) atoms. The van der Waals surface area contributed by atoms with Crippen molar-refractivity contribution in [2.75, 3.05) is 24.2 Å². The molecule has 0 spiro atoms. The van der Waals surface area contributed by atoms with Crippen molar-refractivity contribution in [2.45, 2.75) is 25.4 Å². The monoisotopic (exact) mass is 262 g/mol. The smallest absolute Gasteiger partial charge is 0.226 e. The van der Waals surface area contributed by atoms with Crippen LogP contribution < -0.4 is 10.6 Å². The molecule has 2 heterocycles. The molecule has 1 aliphatic carbocycles. The molecule has 4 N–H and O–H groups in total. The first kappa shape index (κ1) is 12.2. The maximum atomic E-state index is 9.84. The number of aromatic nitrogens is 4. The second kappa shape index (κ2) is 5.00. The molecule has 7 heteroatoms. The summed E-state index contributed by atoms with van der Waals surface area (Å²) in [6.45, 7) is 0.718. The zero-order chi connectivity index (χ0) is 13.2. The highest BCUT2D eigenvalue weighted by Crippen LogP contribution is 2.26. The van der Waals surface area contributed by atoms with Crippen LogP contribution in [-0.4, -0.2) is 44.7 Å². The average molecular weight is 262 g/mol. The maximum Gasteiger partial charge on any atom is 0.226 e. The number of aromatic amines is 1. The van der Waals surface area contributed by atoms with Crippen LogP contribution in [0.4, 0.5) is 11.8 Å². The van der Waals surface area contributed by atoms with Gasteiger partial charge in [0.05, 0.1) is 12.4 Å². The predicted molar refractivity (Wildman–Crippen MR) is 73.1 cm³/mol. The average Bonchev–Trinajstić information content (AvgIpc) is 3.04. The molecule has 2 atom stereocenters. The van der Waals surface area contributed by atoms with Gasteiger partial charge in [-0.15, -0.1) is 0 Å². The largest absolute Gasteiger partial charge is 0.393 e. The van der Waals surface area contributed by atoms with Crippen molar-refractivity contribution >= 4 is 22.9 Å². The predicted octanol–water partition coefficient (Wildman–Crippen LogP) is 0.967. The van der Waals surface area contributed by atoms with Crippen molar-refractivity contribution in [2.24, 2.45) is 5.92 Å². The zero-order valence-electron chi connectivity index (χ0n) is 10.8. The van der Waals surface area contributed by atoms with E-state index < -0.39 is 0 Å². The number of hydrogen-bond acceptors (Lipinski definition) is 6. The molecule has 1 aliphatic rings. The highest BCUT2D eigenvalue weighted by atomic mass is 16.3. The fourth-order valence-electron chi connectivity index (χ4n) is 2.56. The van der Waals surface area contributed by atoms with Crippen molar-refractivity contribution in [1.82, 2.24) is 19.9 Å². The molecule has 0 saturated heterocycles. The first-order chi connectivity index (χ1) is 9.28. The van der Waals surface area contributed by atoms with E-state index in [4.69, 9.17) is 0 Å². The molecule has 0 radical (unpaired) electrons. The molecule has 0 bridgehead atoms. The molecule has 2 aromatic heterocycles.